The van der Waals surface area contributed by atoms with Gasteiger partial charge in [-0.3, -0.25) is 14.2 Å². The van der Waals surface area contributed by atoms with Crippen molar-refractivity contribution in [2.24, 2.45) is 11.8 Å². The minimum atomic E-state index is -0.450. The van der Waals surface area contributed by atoms with Gasteiger partial charge in [0.15, 0.2) is 5.82 Å². The Morgan fingerprint density at radius 3 is 2.90 bits per heavy atom. The summed E-state index contributed by atoms with van der Waals surface area (Å²) in [5, 5.41) is 0.750. The van der Waals surface area contributed by atoms with Crippen molar-refractivity contribution >= 4 is 38.4 Å². The second-order valence-corrected chi connectivity index (χ2v) is 8.99. The van der Waals surface area contributed by atoms with E-state index < -0.39 is 6.67 Å². The van der Waals surface area contributed by atoms with Crippen LogP contribution in [0.25, 0.3) is 10.9 Å². The fraction of sp³-hybridized carbons (Fsp3) is 0.391. The van der Waals surface area contributed by atoms with Crippen LogP contribution in [0.2, 0.25) is 0 Å². The van der Waals surface area contributed by atoms with Crippen LogP contribution in [0.5, 0.6) is 5.88 Å². The van der Waals surface area contributed by atoms with Crippen molar-refractivity contribution in [2.75, 3.05) is 18.2 Å². The number of hydrogen-bond donors (Lipinski definition) is 0. The standard InChI is InChI=1S/C23H22BrFN4O2/c24-16-4-5-19-18(11-16)22(31-9-1-7-25)28-21(27-19)13-29-20-12-26-8-6-15(20)10-17(23(29)30)14-2-3-14/h4-6,8,11-12,14,17H,1-3,7,9-10,13H2. The molecule has 0 spiro atoms. The molecule has 1 unspecified atom stereocenters. The number of alkyl halides is 1. The highest BCUT2D eigenvalue weighted by atomic mass is 79.9. The first kappa shape index (κ1) is 20.3. The Bertz CT molecular complexity index is 1140. The fourth-order valence-electron chi connectivity index (χ4n) is 4.17. The van der Waals surface area contributed by atoms with Gasteiger partial charge in [0.2, 0.25) is 11.8 Å². The monoisotopic (exact) mass is 484 g/mol. The van der Waals surface area contributed by atoms with E-state index in [1.54, 1.807) is 17.3 Å². The molecule has 3 aromatic rings. The van der Waals surface area contributed by atoms with Crippen LogP contribution in [0.4, 0.5) is 10.1 Å². The largest absolute Gasteiger partial charge is 0.477 e. The van der Waals surface area contributed by atoms with Gasteiger partial charge in [-0.15, -0.1) is 0 Å². The predicted octanol–water partition coefficient (Wildman–Crippen LogP) is 4.64. The summed E-state index contributed by atoms with van der Waals surface area (Å²) >= 11 is 3.47. The third-order valence-electron chi connectivity index (χ3n) is 5.88. The van der Waals surface area contributed by atoms with Crippen molar-refractivity contribution in [3.8, 4) is 5.88 Å². The molecule has 6 nitrogen and oxygen atoms in total. The molecule has 0 bridgehead atoms. The number of amides is 1. The first-order valence-electron chi connectivity index (χ1n) is 10.5. The number of pyridine rings is 1. The van der Waals surface area contributed by atoms with Crippen LogP contribution in [0.15, 0.2) is 41.1 Å². The van der Waals surface area contributed by atoms with Gasteiger partial charge in [-0.05, 0) is 55.0 Å². The molecule has 0 N–H and O–H groups in total. The van der Waals surface area contributed by atoms with Crippen LogP contribution < -0.4 is 9.64 Å². The highest BCUT2D eigenvalue weighted by Crippen LogP contribution is 2.44. The molecule has 8 heteroatoms. The number of halogens is 2. The first-order valence-corrected chi connectivity index (χ1v) is 11.3. The maximum absolute atomic E-state index is 13.3. The van der Waals surface area contributed by atoms with Crippen molar-refractivity contribution in [1.29, 1.82) is 0 Å². The fourth-order valence-corrected chi connectivity index (χ4v) is 4.53. The molecule has 0 radical (unpaired) electrons. The molecule has 1 amide bonds. The number of hydrogen-bond acceptors (Lipinski definition) is 5. The number of aromatic nitrogens is 3. The molecule has 3 heterocycles. The number of carbonyl (C=O) groups excluding carboxylic acids is 1. The van der Waals surface area contributed by atoms with Crippen LogP contribution >= 0.6 is 15.9 Å². The Kier molecular flexibility index (Phi) is 5.56. The van der Waals surface area contributed by atoms with E-state index in [9.17, 15) is 9.18 Å². The minimum Gasteiger partial charge on any atom is -0.477 e. The van der Waals surface area contributed by atoms with Crippen LogP contribution in [0, 0.1) is 11.8 Å². The van der Waals surface area contributed by atoms with Gasteiger partial charge in [0.1, 0.15) is 0 Å². The van der Waals surface area contributed by atoms with Gasteiger partial charge in [0.25, 0.3) is 0 Å². The third kappa shape index (κ3) is 4.13. The van der Waals surface area contributed by atoms with E-state index >= 15 is 0 Å². The molecule has 1 aromatic carbocycles. The molecule has 31 heavy (non-hydrogen) atoms. The van der Waals surface area contributed by atoms with Gasteiger partial charge in [-0.25, -0.2) is 4.98 Å². The quantitative estimate of drug-likeness (QED) is 0.456. The van der Waals surface area contributed by atoms with Crippen molar-refractivity contribution in [1.82, 2.24) is 15.0 Å². The lowest BCUT2D eigenvalue weighted by molar-refractivity contribution is -0.123. The first-order chi connectivity index (χ1) is 15.1. The molecule has 0 saturated heterocycles. The molecule has 1 aliphatic heterocycles. The highest BCUT2D eigenvalue weighted by Gasteiger charge is 2.42. The number of fused-ring (bicyclic) bond motifs is 2. The number of benzene rings is 1. The maximum Gasteiger partial charge on any atom is 0.231 e. The Balaban J connectivity index is 1.51. The van der Waals surface area contributed by atoms with Gasteiger partial charge in [-0.1, -0.05) is 15.9 Å². The summed E-state index contributed by atoms with van der Waals surface area (Å²) in [5.74, 6) is 1.48. The average molecular weight is 485 g/mol. The summed E-state index contributed by atoms with van der Waals surface area (Å²) in [4.78, 5) is 28.6. The zero-order valence-corrected chi connectivity index (χ0v) is 18.5. The van der Waals surface area contributed by atoms with E-state index in [0.29, 0.717) is 24.0 Å². The summed E-state index contributed by atoms with van der Waals surface area (Å²) in [5.41, 5.74) is 2.68. The summed E-state index contributed by atoms with van der Waals surface area (Å²) in [6, 6.07) is 7.67. The molecule has 1 atom stereocenters. The van der Waals surface area contributed by atoms with Crippen LogP contribution in [0.1, 0.15) is 30.7 Å². The van der Waals surface area contributed by atoms with Crippen molar-refractivity contribution in [3.63, 3.8) is 0 Å². The lowest BCUT2D eigenvalue weighted by atomic mass is 9.89. The van der Waals surface area contributed by atoms with Crippen LogP contribution in [-0.2, 0) is 17.8 Å². The maximum atomic E-state index is 13.3. The van der Waals surface area contributed by atoms with Crippen molar-refractivity contribution in [3.05, 3.63) is 52.5 Å². The number of carbonyl (C=O) groups is 1. The summed E-state index contributed by atoms with van der Waals surface area (Å²) in [6.45, 7) is 0.0220. The van der Waals surface area contributed by atoms with E-state index in [4.69, 9.17) is 9.72 Å². The zero-order chi connectivity index (χ0) is 21.4. The molecule has 2 aliphatic rings. The van der Waals surface area contributed by atoms with Gasteiger partial charge >= 0.3 is 0 Å². The number of nitrogens with zero attached hydrogens (tertiary/aromatic N) is 4. The van der Waals surface area contributed by atoms with Gasteiger partial charge in [0, 0.05) is 23.0 Å². The molecule has 1 fully saturated rings. The number of rotatable bonds is 7. The van der Waals surface area contributed by atoms with Crippen molar-refractivity contribution < 1.29 is 13.9 Å². The third-order valence-corrected chi connectivity index (χ3v) is 6.37. The predicted molar refractivity (Wildman–Crippen MR) is 119 cm³/mol. The van der Waals surface area contributed by atoms with E-state index in [0.717, 1.165) is 45.9 Å². The SMILES string of the molecule is O=C1C(C2CC2)Cc2ccncc2N1Cc1nc(OCCCF)c2cc(Br)ccc2n1. The van der Waals surface area contributed by atoms with E-state index in [2.05, 4.69) is 25.9 Å². The zero-order valence-electron chi connectivity index (χ0n) is 16.9. The van der Waals surface area contributed by atoms with Crippen LogP contribution in [0.3, 0.4) is 0 Å². The minimum absolute atomic E-state index is 0.00610. The smallest absolute Gasteiger partial charge is 0.231 e. The van der Waals surface area contributed by atoms with E-state index in [1.807, 2.05) is 24.3 Å². The van der Waals surface area contributed by atoms with Crippen LogP contribution in [-0.4, -0.2) is 34.1 Å². The number of anilines is 1. The Morgan fingerprint density at radius 2 is 2.10 bits per heavy atom. The summed E-state index contributed by atoms with van der Waals surface area (Å²) in [6.07, 6.45) is 6.80. The second kappa shape index (κ2) is 8.49. The molecular formula is C23H22BrFN4O2. The molecule has 1 aliphatic carbocycles. The lowest BCUT2D eigenvalue weighted by Crippen LogP contribution is -2.42. The van der Waals surface area contributed by atoms with E-state index in [-0.39, 0.29) is 25.0 Å². The molecule has 160 valence electrons. The topological polar surface area (TPSA) is 68.2 Å². The second-order valence-electron chi connectivity index (χ2n) is 8.07. The Morgan fingerprint density at radius 1 is 1.23 bits per heavy atom. The Hall–Kier alpha value is -2.61. The Labute approximate surface area is 188 Å². The normalized spacial score (nSPS) is 18.3. The van der Waals surface area contributed by atoms with Gasteiger partial charge in [0.05, 0.1) is 42.6 Å². The van der Waals surface area contributed by atoms with Gasteiger partial charge in [-0.2, -0.15) is 4.98 Å². The molecule has 5 rings (SSSR count). The number of ether oxygens (including phenoxy) is 1. The molecule has 1 saturated carbocycles. The highest BCUT2D eigenvalue weighted by molar-refractivity contribution is 9.10. The van der Waals surface area contributed by atoms with Crippen molar-refractivity contribution in [2.45, 2.75) is 32.2 Å². The average Bonchev–Trinajstić information content (AvgIpc) is 3.61. The summed E-state index contributed by atoms with van der Waals surface area (Å²) in [7, 11) is 0. The molecule has 2 aromatic heterocycles. The lowest BCUT2D eigenvalue weighted by Gasteiger charge is -2.33. The summed E-state index contributed by atoms with van der Waals surface area (Å²) < 4.78 is 19.2. The molecular weight excluding hydrogens is 463 g/mol. The van der Waals surface area contributed by atoms with E-state index in [1.165, 1.54) is 0 Å². The van der Waals surface area contributed by atoms with Gasteiger partial charge < -0.3 is 9.64 Å².